The van der Waals surface area contributed by atoms with Crippen molar-refractivity contribution in [2.24, 2.45) is 5.73 Å². The Morgan fingerprint density at radius 3 is 1.83 bits per heavy atom. The maximum Gasteiger partial charge on any atom is 0.236 e. The first-order chi connectivity index (χ1) is 8.70. The van der Waals surface area contributed by atoms with E-state index in [1.54, 1.807) is 4.90 Å². The van der Waals surface area contributed by atoms with Crippen molar-refractivity contribution in [3.63, 3.8) is 0 Å². The maximum absolute atomic E-state index is 12.1. The number of hydrogen-bond acceptors (Lipinski definition) is 4. The summed E-state index contributed by atoms with van der Waals surface area (Å²) in [7, 11) is 0. The average molecular weight is 254 g/mol. The van der Waals surface area contributed by atoms with Gasteiger partial charge in [-0.2, -0.15) is 0 Å². The number of carbonyl (C=O) groups excluding carboxylic acids is 2. The summed E-state index contributed by atoms with van der Waals surface area (Å²) in [5, 5.41) is 0. The van der Waals surface area contributed by atoms with Crippen molar-refractivity contribution in [2.75, 3.05) is 52.4 Å². The first kappa shape index (κ1) is 13.3. The van der Waals surface area contributed by atoms with Gasteiger partial charge in [0.1, 0.15) is 0 Å². The third-order valence-corrected chi connectivity index (χ3v) is 3.72. The summed E-state index contributed by atoms with van der Waals surface area (Å²) >= 11 is 0. The number of nitrogens with zero attached hydrogens (tertiary/aromatic N) is 3. The van der Waals surface area contributed by atoms with Crippen molar-refractivity contribution < 1.29 is 9.59 Å². The maximum atomic E-state index is 12.1. The van der Waals surface area contributed by atoms with Gasteiger partial charge in [-0.05, 0) is 25.9 Å². The van der Waals surface area contributed by atoms with Crippen LogP contribution in [0.1, 0.15) is 12.8 Å². The number of rotatable bonds is 3. The smallest absolute Gasteiger partial charge is 0.236 e. The van der Waals surface area contributed by atoms with Gasteiger partial charge in [0.25, 0.3) is 0 Å². The molecule has 2 saturated heterocycles. The summed E-state index contributed by atoms with van der Waals surface area (Å²) in [6.07, 6.45) is 2.40. The summed E-state index contributed by atoms with van der Waals surface area (Å²) in [5.74, 6) is 0.165. The molecule has 2 N–H and O–H groups in total. The van der Waals surface area contributed by atoms with Crippen LogP contribution in [0, 0.1) is 0 Å². The summed E-state index contributed by atoms with van der Waals surface area (Å²) < 4.78 is 0. The van der Waals surface area contributed by atoms with Gasteiger partial charge >= 0.3 is 0 Å². The molecule has 6 heteroatoms. The largest absolute Gasteiger partial charge is 0.338 e. The van der Waals surface area contributed by atoms with E-state index in [1.165, 1.54) is 12.8 Å². The molecule has 0 aromatic carbocycles. The molecule has 0 saturated carbocycles. The number of amides is 2. The van der Waals surface area contributed by atoms with Crippen molar-refractivity contribution in [3.05, 3.63) is 0 Å². The van der Waals surface area contributed by atoms with Gasteiger partial charge in [0.2, 0.25) is 11.8 Å². The molecular formula is C12H22N4O2. The normalized spacial score (nSPS) is 21.4. The standard InChI is InChI=1S/C12H22N4O2/c13-9-11(17)15-5-7-16(8-6-15)12(18)10-14-3-1-2-4-14/h1-10,13H2. The molecule has 0 aliphatic carbocycles. The molecule has 2 aliphatic heterocycles. The topological polar surface area (TPSA) is 69.9 Å². The molecule has 0 aromatic rings. The van der Waals surface area contributed by atoms with Gasteiger partial charge in [-0.15, -0.1) is 0 Å². The Morgan fingerprint density at radius 1 is 0.833 bits per heavy atom. The SMILES string of the molecule is NCC(=O)N1CCN(C(=O)CN2CCCC2)CC1. The van der Waals surface area contributed by atoms with Crippen LogP contribution in [0.5, 0.6) is 0 Å². The lowest BCUT2D eigenvalue weighted by molar-refractivity contribution is -0.139. The fourth-order valence-electron chi connectivity index (χ4n) is 2.57. The van der Waals surface area contributed by atoms with Gasteiger partial charge in [0.05, 0.1) is 13.1 Å². The molecule has 0 spiro atoms. The monoisotopic (exact) mass is 254 g/mol. The van der Waals surface area contributed by atoms with Crippen LogP contribution < -0.4 is 5.73 Å². The highest BCUT2D eigenvalue weighted by atomic mass is 16.2. The van der Waals surface area contributed by atoms with E-state index < -0.39 is 0 Å². The lowest BCUT2D eigenvalue weighted by atomic mass is 10.3. The van der Waals surface area contributed by atoms with Gasteiger partial charge in [0.15, 0.2) is 0 Å². The van der Waals surface area contributed by atoms with Crippen LogP contribution >= 0.6 is 0 Å². The minimum Gasteiger partial charge on any atom is -0.338 e. The second-order valence-corrected chi connectivity index (χ2v) is 4.95. The quantitative estimate of drug-likeness (QED) is 0.680. The van der Waals surface area contributed by atoms with Crippen molar-refractivity contribution in [1.82, 2.24) is 14.7 Å². The highest BCUT2D eigenvalue weighted by Crippen LogP contribution is 2.09. The molecule has 18 heavy (non-hydrogen) atoms. The van der Waals surface area contributed by atoms with E-state index in [0.717, 1.165) is 13.1 Å². The zero-order valence-electron chi connectivity index (χ0n) is 10.8. The van der Waals surface area contributed by atoms with Crippen LogP contribution in [0.3, 0.4) is 0 Å². The van der Waals surface area contributed by atoms with Gasteiger partial charge in [-0.1, -0.05) is 0 Å². The first-order valence-corrected chi connectivity index (χ1v) is 6.68. The van der Waals surface area contributed by atoms with Crippen LogP contribution in [-0.4, -0.2) is 78.9 Å². The number of carbonyl (C=O) groups is 2. The second-order valence-electron chi connectivity index (χ2n) is 4.95. The van der Waals surface area contributed by atoms with Gasteiger partial charge < -0.3 is 15.5 Å². The van der Waals surface area contributed by atoms with Crippen LogP contribution in [0.4, 0.5) is 0 Å². The summed E-state index contributed by atoms with van der Waals surface area (Å²) in [6, 6.07) is 0. The van der Waals surface area contributed by atoms with Crippen molar-refractivity contribution in [3.8, 4) is 0 Å². The Labute approximate surface area is 108 Å². The number of piperazine rings is 1. The van der Waals surface area contributed by atoms with E-state index in [1.807, 2.05) is 4.90 Å². The summed E-state index contributed by atoms with van der Waals surface area (Å²) in [4.78, 5) is 29.3. The van der Waals surface area contributed by atoms with E-state index in [4.69, 9.17) is 5.73 Å². The molecule has 0 atom stereocenters. The fraction of sp³-hybridized carbons (Fsp3) is 0.833. The number of likely N-dealkylation sites (tertiary alicyclic amines) is 1. The predicted molar refractivity (Wildman–Crippen MR) is 67.9 cm³/mol. The fourth-order valence-corrected chi connectivity index (χ4v) is 2.57. The number of nitrogens with two attached hydrogens (primary N) is 1. The van der Waals surface area contributed by atoms with Crippen molar-refractivity contribution in [1.29, 1.82) is 0 Å². The highest BCUT2D eigenvalue weighted by molar-refractivity contribution is 5.80. The molecule has 2 rings (SSSR count). The van der Waals surface area contributed by atoms with Crippen molar-refractivity contribution in [2.45, 2.75) is 12.8 Å². The van der Waals surface area contributed by atoms with Crippen molar-refractivity contribution >= 4 is 11.8 Å². The molecule has 2 heterocycles. The Bertz CT molecular complexity index is 307. The average Bonchev–Trinajstić information content (AvgIpc) is 2.91. The van der Waals surface area contributed by atoms with Gasteiger partial charge in [-0.25, -0.2) is 0 Å². The molecule has 0 radical (unpaired) electrons. The Kier molecular flexibility index (Phi) is 4.54. The predicted octanol–water partition coefficient (Wildman–Crippen LogP) is -1.29. The van der Waals surface area contributed by atoms with E-state index in [0.29, 0.717) is 32.7 Å². The third kappa shape index (κ3) is 3.20. The molecule has 2 fully saturated rings. The molecular weight excluding hydrogens is 232 g/mol. The van der Waals surface area contributed by atoms with Crippen LogP contribution in [0.25, 0.3) is 0 Å². The second kappa shape index (κ2) is 6.15. The first-order valence-electron chi connectivity index (χ1n) is 6.68. The lowest BCUT2D eigenvalue weighted by Crippen LogP contribution is -2.53. The molecule has 0 bridgehead atoms. The summed E-state index contributed by atoms with van der Waals surface area (Å²) in [5.41, 5.74) is 5.33. The van der Waals surface area contributed by atoms with E-state index in [9.17, 15) is 9.59 Å². The minimum absolute atomic E-state index is 0.0263. The number of hydrogen-bond donors (Lipinski definition) is 1. The van der Waals surface area contributed by atoms with Crippen LogP contribution in [0.15, 0.2) is 0 Å². The minimum atomic E-state index is -0.0263. The zero-order valence-corrected chi connectivity index (χ0v) is 10.8. The summed E-state index contributed by atoms with van der Waals surface area (Å²) in [6.45, 7) is 5.17. The zero-order chi connectivity index (χ0) is 13.0. The van der Waals surface area contributed by atoms with Crippen LogP contribution in [0.2, 0.25) is 0 Å². The Morgan fingerprint density at radius 2 is 1.33 bits per heavy atom. The highest BCUT2D eigenvalue weighted by Gasteiger charge is 2.25. The lowest BCUT2D eigenvalue weighted by Gasteiger charge is -2.35. The molecule has 2 amide bonds. The molecule has 102 valence electrons. The Hall–Kier alpha value is -1.14. The van der Waals surface area contributed by atoms with Crippen LogP contribution in [-0.2, 0) is 9.59 Å². The molecule has 2 aliphatic rings. The molecule has 0 unspecified atom stereocenters. The van der Waals surface area contributed by atoms with Gasteiger partial charge in [-0.3, -0.25) is 14.5 Å². The third-order valence-electron chi connectivity index (χ3n) is 3.72. The molecule has 6 nitrogen and oxygen atoms in total. The van der Waals surface area contributed by atoms with E-state index in [-0.39, 0.29) is 18.4 Å². The molecule has 0 aromatic heterocycles. The van der Waals surface area contributed by atoms with E-state index in [2.05, 4.69) is 4.90 Å². The Balaban J connectivity index is 1.74. The van der Waals surface area contributed by atoms with E-state index >= 15 is 0 Å². The van der Waals surface area contributed by atoms with Gasteiger partial charge in [0, 0.05) is 26.2 Å².